The van der Waals surface area contributed by atoms with E-state index in [1.54, 1.807) is 19.0 Å². The maximum atomic E-state index is 11.6. The van der Waals surface area contributed by atoms with Crippen LogP contribution >= 0.6 is 0 Å². The molecule has 0 atom stereocenters. The summed E-state index contributed by atoms with van der Waals surface area (Å²) in [5.41, 5.74) is 0. The van der Waals surface area contributed by atoms with E-state index < -0.39 is 0 Å². The number of nitrogens with zero attached hydrogens (tertiary/aromatic N) is 2. The van der Waals surface area contributed by atoms with Gasteiger partial charge in [-0.15, -0.1) is 0 Å². The second-order valence-corrected chi connectivity index (χ2v) is 3.88. The van der Waals surface area contributed by atoms with Crippen molar-refractivity contribution < 1.29 is 9.59 Å². The van der Waals surface area contributed by atoms with Crippen LogP contribution in [0.3, 0.4) is 0 Å². The van der Waals surface area contributed by atoms with Crippen LogP contribution in [-0.2, 0) is 4.79 Å². The highest BCUT2D eigenvalue weighted by Crippen LogP contribution is 1.93. The van der Waals surface area contributed by atoms with Gasteiger partial charge in [0, 0.05) is 26.7 Å². The van der Waals surface area contributed by atoms with Crippen LogP contribution in [0.25, 0.3) is 0 Å². The summed E-state index contributed by atoms with van der Waals surface area (Å²) < 4.78 is 0. The van der Waals surface area contributed by atoms with E-state index in [1.165, 1.54) is 4.90 Å². The van der Waals surface area contributed by atoms with E-state index in [1.807, 2.05) is 20.8 Å². The molecule has 0 spiro atoms. The first-order valence-electron chi connectivity index (χ1n) is 5.14. The highest BCUT2D eigenvalue weighted by Gasteiger charge is 2.15. The van der Waals surface area contributed by atoms with Crippen molar-refractivity contribution in [1.29, 1.82) is 0 Å². The molecular weight excluding hydrogens is 194 g/mol. The van der Waals surface area contributed by atoms with Crippen LogP contribution < -0.4 is 5.32 Å². The first-order valence-corrected chi connectivity index (χ1v) is 5.14. The molecule has 15 heavy (non-hydrogen) atoms. The molecule has 0 radical (unpaired) electrons. The third-order valence-corrected chi connectivity index (χ3v) is 1.96. The fourth-order valence-corrected chi connectivity index (χ4v) is 1.08. The van der Waals surface area contributed by atoms with E-state index in [0.29, 0.717) is 6.54 Å². The molecule has 0 aromatic rings. The summed E-state index contributed by atoms with van der Waals surface area (Å²) in [4.78, 5) is 25.9. The van der Waals surface area contributed by atoms with Crippen molar-refractivity contribution in [2.45, 2.75) is 26.8 Å². The van der Waals surface area contributed by atoms with Crippen molar-refractivity contribution in [2.75, 3.05) is 27.2 Å². The Morgan fingerprint density at radius 1 is 1.20 bits per heavy atom. The molecule has 0 saturated carbocycles. The smallest absolute Gasteiger partial charge is 0.319 e. The topological polar surface area (TPSA) is 52.7 Å². The minimum atomic E-state index is -0.142. The van der Waals surface area contributed by atoms with Gasteiger partial charge in [-0.1, -0.05) is 0 Å². The van der Waals surface area contributed by atoms with Gasteiger partial charge in [0.05, 0.1) is 0 Å². The molecule has 0 fully saturated rings. The van der Waals surface area contributed by atoms with Crippen LogP contribution in [0.1, 0.15) is 20.8 Å². The Hall–Kier alpha value is -1.26. The lowest BCUT2D eigenvalue weighted by Gasteiger charge is -2.23. The Bertz CT molecular complexity index is 229. The highest BCUT2D eigenvalue weighted by molar-refractivity contribution is 5.83. The molecule has 1 N–H and O–H groups in total. The van der Waals surface area contributed by atoms with Gasteiger partial charge in [0.2, 0.25) is 5.91 Å². The van der Waals surface area contributed by atoms with Crippen LogP contribution in [0.5, 0.6) is 0 Å². The fraction of sp³-hybridized carbons (Fsp3) is 0.800. The van der Waals surface area contributed by atoms with Crippen LogP contribution in [0, 0.1) is 0 Å². The Labute approximate surface area is 91.4 Å². The van der Waals surface area contributed by atoms with Crippen molar-refractivity contribution >= 4 is 11.9 Å². The van der Waals surface area contributed by atoms with Crippen LogP contribution in [0.15, 0.2) is 0 Å². The number of rotatable bonds is 4. The van der Waals surface area contributed by atoms with Crippen molar-refractivity contribution in [3.8, 4) is 0 Å². The van der Waals surface area contributed by atoms with E-state index in [4.69, 9.17) is 0 Å². The lowest BCUT2D eigenvalue weighted by molar-refractivity contribution is -0.122. The zero-order valence-electron chi connectivity index (χ0n) is 10.2. The van der Waals surface area contributed by atoms with Gasteiger partial charge in [0.15, 0.2) is 0 Å². The van der Waals surface area contributed by atoms with E-state index in [0.717, 1.165) is 0 Å². The van der Waals surface area contributed by atoms with Crippen molar-refractivity contribution in [3.05, 3.63) is 0 Å². The Morgan fingerprint density at radius 2 is 1.73 bits per heavy atom. The largest absolute Gasteiger partial charge is 0.352 e. The monoisotopic (exact) mass is 215 g/mol. The minimum Gasteiger partial charge on any atom is -0.352 e. The van der Waals surface area contributed by atoms with Gasteiger partial charge in [0.25, 0.3) is 0 Å². The second-order valence-electron chi connectivity index (χ2n) is 3.88. The summed E-state index contributed by atoms with van der Waals surface area (Å²) in [5, 5.41) is 2.73. The second kappa shape index (κ2) is 6.27. The van der Waals surface area contributed by atoms with Crippen LogP contribution in [0.2, 0.25) is 0 Å². The van der Waals surface area contributed by atoms with Crippen molar-refractivity contribution in [2.24, 2.45) is 0 Å². The third kappa shape index (κ3) is 5.24. The molecule has 3 amide bonds. The molecule has 0 heterocycles. The minimum absolute atomic E-state index is 0.0986. The molecule has 0 aliphatic carbocycles. The molecule has 88 valence electrons. The fourth-order valence-electron chi connectivity index (χ4n) is 1.08. The first kappa shape index (κ1) is 13.7. The van der Waals surface area contributed by atoms with Gasteiger partial charge in [-0.3, -0.25) is 4.79 Å². The van der Waals surface area contributed by atoms with Gasteiger partial charge in [-0.2, -0.15) is 0 Å². The van der Waals surface area contributed by atoms with E-state index in [-0.39, 0.29) is 24.5 Å². The van der Waals surface area contributed by atoms with Gasteiger partial charge >= 0.3 is 6.03 Å². The summed E-state index contributed by atoms with van der Waals surface area (Å²) in [7, 11) is 3.33. The lowest BCUT2D eigenvalue weighted by atomic mass is 10.4. The Kier molecular flexibility index (Phi) is 5.74. The van der Waals surface area contributed by atoms with Crippen molar-refractivity contribution in [3.63, 3.8) is 0 Å². The number of amides is 3. The van der Waals surface area contributed by atoms with E-state index in [9.17, 15) is 9.59 Å². The summed E-state index contributed by atoms with van der Waals surface area (Å²) >= 11 is 0. The zero-order valence-corrected chi connectivity index (χ0v) is 10.2. The summed E-state index contributed by atoms with van der Waals surface area (Å²) in [5.74, 6) is -0.134. The number of likely N-dealkylation sites (N-methyl/N-ethyl adjacent to an activating group) is 1. The summed E-state index contributed by atoms with van der Waals surface area (Å²) in [6.07, 6.45) is 0. The molecule has 0 rings (SSSR count). The molecule has 0 saturated heterocycles. The number of hydrogen-bond donors (Lipinski definition) is 1. The van der Waals surface area contributed by atoms with Gasteiger partial charge in [-0.05, 0) is 20.8 Å². The Morgan fingerprint density at radius 3 is 2.13 bits per heavy atom. The molecule has 0 aliphatic heterocycles. The number of urea groups is 1. The summed E-state index contributed by atoms with van der Waals surface area (Å²) in [6.45, 7) is 6.39. The standard InChI is InChI=1S/C10H21N3O2/c1-6-12(4)10(15)13(5)7-9(14)11-8(2)3/h8H,6-7H2,1-5H3,(H,11,14). The molecular formula is C10H21N3O2. The van der Waals surface area contributed by atoms with Gasteiger partial charge < -0.3 is 15.1 Å². The molecule has 5 heteroatoms. The first-order chi connectivity index (χ1) is 6.88. The number of carbonyl (C=O) groups excluding carboxylic acids is 2. The maximum absolute atomic E-state index is 11.6. The molecule has 0 aromatic carbocycles. The van der Waals surface area contributed by atoms with Crippen LogP contribution in [-0.4, -0.2) is 55.0 Å². The van der Waals surface area contributed by atoms with Crippen LogP contribution in [0.4, 0.5) is 4.79 Å². The molecule has 0 aliphatic rings. The summed E-state index contributed by atoms with van der Waals surface area (Å²) in [6, 6.07) is -0.0405. The van der Waals surface area contributed by atoms with E-state index >= 15 is 0 Å². The quantitative estimate of drug-likeness (QED) is 0.743. The van der Waals surface area contributed by atoms with E-state index in [2.05, 4.69) is 5.32 Å². The van der Waals surface area contributed by atoms with Gasteiger partial charge in [0.1, 0.15) is 6.54 Å². The average molecular weight is 215 g/mol. The maximum Gasteiger partial charge on any atom is 0.319 e. The Balaban J connectivity index is 4.07. The lowest BCUT2D eigenvalue weighted by Crippen LogP contribution is -2.45. The predicted octanol–water partition coefficient (Wildman–Crippen LogP) is 0.515. The highest BCUT2D eigenvalue weighted by atomic mass is 16.2. The average Bonchev–Trinajstić information content (AvgIpc) is 2.13. The number of carbonyl (C=O) groups is 2. The number of nitrogens with one attached hydrogen (secondary N) is 1. The third-order valence-electron chi connectivity index (χ3n) is 1.96. The molecule has 0 unspecified atom stereocenters. The van der Waals surface area contributed by atoms with Crippen molar-refractivity contribution in [1.82, 2.24) is 15.1 Å². The normalized spacial score (nSPS) is 10.0. The molecule has 0 aromatic heterocycles. The molecule has 5 nitrogen and oxygen atoms in total. The predicted molar refractivity (Wildman–Crippen MR) is 59.6 cm³/mol. The number of hydrogen-bond acceptors (Lipinski definition) is 2. The van der Waals surface area contributed by atoms with Gasteiger partial charge in [-0.25, -0.2) is 4.79 Å². The SMILES string of the molecule is CCN(C)C(=O)N(C)CC(=O)NC(C)C. The zero-order chi connectivity index (χ0) is 12.0. The molecule has 0 bridgehead atoms.